The summed E-state index contributed by atoms with van der Waals surface area (Å²) < 4.78 is 19.3. The van der Waals surface area contributed by atoms with Crippen LogP contribution in [0.1, 0.15) is 13.8 Å². The molecular weight excluding hydrogens is 258 g/mol. The SMILES string of the molecule is CC(Cl)OP(=O)([O-])OC(C)Br. The lowest BCUT2D eigenvalue weighted by Gasteiger charge is -2.24. The molecule has 0 heterocycles. The molecule has 3 unspecified atom stereocenters. The zero-order valence-corrected chi connectivity index (χ0v) is 9.23. The topological polar surface area (TPSA) is 58.6 Å². The molecule has 0 aliphatic carbocycles. The predicted octanol–water partition coefficient (Wildman–Crippen LogP) is 1.81. The standard InChI is InChI=1S/C4H9BrClO4P/c1-3(5)9-11(7,8)10-4(2)6/h3-4H,1-2H3,(H,7,8)/p-1. The second-order valence-corrected chi connectivity index (χ2v) is 4.96. The first-order valence-corrected chi connectivity index (χ1v) is 5.61. The van der Waals surface area contributed by atoms with E-state index >= 15 is 0 Å². The third-order valence-corrected chi connectivity index (χ3v) is 2.39. The number of alkyl halides is 2. The lowest BCUT2D eigenvalue weighted by molar-refractivity contribution is -0.227. The van der Waals surface area contributed by atoms with Crippen molar-refractivity contribution in [1.82, 2.24) is 0 Å². The van der Waals surface area contributed by atoms with E-state index < -0.39 is 18.4 Å². The van der Waals surface area contributed by atoms with E-state index in [0.29, 0.717) is 0 Å². The van der Waals surface area contributed by atoms with E-state index in [9.17, 15) is 9.46 Å². The van der Waals surface area contributed by atoms with Gasteiger partial charge >= 0.3 is 0 Å². The monoisotopic (exact) mass is 265 g/mol. The molecule has 7 heteroatoms. The molecule has 68 valence electrons. The van der Waals surface area contributed by atoms with Crippen molar-refractivity contribution in [3.8, 4) is 0 Å². The van der Waals surface area contributed by atoms with Crippen LogP contribution in [0.15, 0.2) is 0 Å². The molecule has 4 nitrogen and oxygen atoms in total. The van der Waals surface area contributed by atoms with Crippen LogP contribution in [0.4, 0.5) is 0 Å². The molecule has 0 rings (SSSR count). The Morgan fingerprint density at radius 3 is 2.27 bits per heavy atom. The fourth-order valence-electron chi connectivity index (χ4n) is 0.381. The molecule has 3 atom stereocenters. The van der Waals surface area contributed by atoms with Gasteiger partial charge in [-0.05, 0) is 13.8 Å². The van der Waals surface area contributed by atoms with Crippen molar-refractivity contribution in [3.05, 3.63) is 0 Å². The zero-order chi connectivity index (χ0) is 9.07. The van der Waals surface area contributed by atoms with Gasteiger partial charge in [0.25, 0.3) is 7.82 Å². The van der Waals surface area contributed by atoms with E-state index in [0.717, 1.165) is 0 Å². The molecule has 0 saturated carbocycles. The maximum Gasteiger partial charge on any atom is 0.270 e. The molecule has 0 bridgehead atoms. The summed E-state index contributed by atoms with van der Waals surface area (Å²) in [4.78, 5) is 10.7. The summed E-state index contributed by atoms with van der Waals surface area (Å²) in [6.07, 6.45) is 0. The Labute approximate surface area is 78.6 Å². The van der Waals surface area contributed by atoms with Gasteiger partial charge < -0.3 is 9.42 Å². The van der Waals surface area contributed by atoms with Gasteiger partial charge in [-0.3, -0.25) is 9.09 Å². The van der Waals surface area contributed by atoms with Crippen molar-refractivity contribution in [2.45, 2.75) is 24.4 Å². The molecule has 0 fully saturated rings. The average molecular weight is 266 g/mol. The van der Waals surface area contributed by atoms with Crippen molar-refractivity contribution < 1.29 is 18.5 Å². The van der Waals surface area contributed by atoms with Crippen molar-refractivity contribution in [1.29, 1.82) is 0 Å². The van der Waals surface area contributed by atoms with Gasteiger partial charge in [0.05, 0.1) is 0 Å². The number of phosphoric acid groups is 1. The quantitative estimate of drug-likeness (QED) is 0.575. The number of hydrogen-bond acceptors (Lipinski definition) is 4. The Balaban J connectivity index is 3.91. The lowest BCUT2D eigenvalue weighted by Crippen LogP contribution is -2.13. The molecule has 0 aromatic carbocycles. The molecule has 0 aliphatic heterocycles. The van der Waals surface area contributed by atoms with Gasteiger partial charge in [-0.1, -0.05) is 27.5 Å². The van der Waals surface area contributed by atoms with E-state index in [-0.39, 0.29) is 0 Å². The second-order valence-electron chi connectivity index (χ2n) is 1.74. The first-order chi connectivity index (χ1) is 4.83. The van der Waals surface area contributed by atoms with E-state index in [2.05, 4.69) is 25.0 Å². The first-order valence-electron chi connectivity index (χ1n) is 2.79. The summed E-state index contributed by atoms with van der Waals surface area (Å²) >= 11 is 8.14. The molecule has 0 N–H and O–H groups in total. The summed E-state index contributed by atoms with van der Waals surface area (Å²) in [6, 6.07) is 0. The smallest absolute Gasteiger partial charge is 0.270 e. The lowest BCUT2D eigenvalue weighted by atomic mass is 10.9. The summed E-state index contributed by atoms with van der Waals surface area (Å²) in [5.41, 5.74) is -0.912. The van der Waals surface area contributed by atoms with E-state index in [4.69, 9.17) is 11.6 Å². The van der Waals surface area contributed by atoms with Gasteiger partial charge in [0, 0.05) is 0 Å². The highest BCUT2D eigenvalue weighted by atomic mass is 79.9. The van der Waals surface area contributed by atoms with Crippen LogP contribution >= 0.6 is 35.4 Å². The van der Waals surface area contributed by atoms with Crippen molar-refractivity contribution in [2.75, 3.05) is 0 Å². The fourth-order valence-corrected chi connectivity index (χ4v) is 2.05. The molecule has 0 aliphatic rings. The molecule has 0 aromatic heterocycles. The Bertz CT molecular complexity index is 148. The van der Waals surface area contributed by atoms with Gasteiger partial charge in [0.2, 0.25) is 0 Å². The van der Waals surface area contributed by atoms with E-state index in [1.807, 2.05) is 0 Å². The molecule has 0 saturated heterocycles. The second kappa shape index (κ2) is 4.80. The van der Waals surface area contributed by atoms with Gasteiger partial charge in [-0.15, -0.1) is 0 Å². The number of halogens is 2. The molecule has 0 spiro atoms. The Kier molecular flexibility index (Phi) is 5.18. The highest BCUT2D eigenvalue weighted by Gasteiger charge is 2.14. The average Bonchev–Trinajstić information content (AvgIpc) is 1.53. The van der Waals surface area contributed by atoms with Gasteiger partial charge in [-0.25, -0.2) is 0 Å². The van der Waals surface area contributed by atoms with Crippen LogP contribution in [-0.2, 0) is 13.6 Å². The van der Waals surface area contributed by atoms with Crippen LogP contribution in [0.25, 0.3) is 0 Å². The van der Waals surface area contributed by atoms with Crippen LogP contribution in [0.3, 0.4) is 0 Å². The number of rotatable bonds is 4. The fraction of sp³-hybridized carbons (Fsp3) is 1.00. The van der Waals surface area contributed by atoms with Crippen molar-refractivity contribution in [2.24, 2.45) is 0 Å². The number of hydrogen-bond donors (Lipinski definition) is 0. The Morgan fingerprint density at radius 2 is 2.00 bits per heavy atom. The third kappa shape index (κ3) is 7.25. The highest BCUT2D eigenvalue weighted by Crippen LogP contribution is 2.42. The number of phosphoric ester groups is 1. The van der Waals surface area contributed by atoms with Gasteiger partial charge in [0.15, 0.2) is 0 Å². The normalized spacial score (nSPS) is 22.3. The molecule has 0 radical (unpaired) electrons. The van der Waals surface area contributed by atoms with Crippen LogP contribution in [0, 0.1) is 0 Å². The summed E-state index contributed by atoms with van der Waals surface area (Å²) in [5.74, 6) is 0. The maximum atomic E-state index is 10.7. The minimum absolute atomic E-state index is 0.610. The van der Waals surface area contributed by atoms with Crippen LogP contribution in [0.5, 0.6) is 0 Å². The third-order valence-electron chi connectivity index (χ3n) is 0.549. The Hall–Kier alpha value is 0.880. The molecule has 11 heavy (non-hydrogen) atoms. The van der Waals surface area contributed by atoms with Crippen LogP contribution in [-0.4, -0.2) is 10.6 Å². The van der Waals surface area contributed by atoms with Crippen molar-refractivity contribution in [3.63, 3.8) is 0 Å². The molecule has 0 aromatic rings. The molecular formula is C4H8BrClO4P-. The van der Waals surface area contributed by atoms with E-state index in [1.54, 1.807) is 0 Å². The predicted molar refractivity (Wildman–Crippen MR) is 43.5 cm³/mol. The van der Waals surface area contributed by atoms with E-state index in [1.165, 1.54) is 13.8 Å². The zero-order valence-electron chi connectivity index (χ0n) is 5.99. The minimum Gasteiger partial charge on any atom is -0.756 e. The van der Waals surface area contributed by atoms with Crippen LogP contribution in [0.2, 0.25) is 0 Å². The van der Waals surface area contributed by atoms with Gasteiger partial charge in [0.1, 0.15) is 10.6 Å². The van der Waals surface area contributed by atoms with Crippen LogP contribution < -0.4 is 4.89 Å². The first kappa shape index (κ1) is 11.9. The van der Waals surface area contributed by atoms with Crippen molar-refractivity contribution >= 4 is 35.4 Å². The Morgan fingerprint density at radius 1 is 1.55 bits per heavy atom. The summed E-state index contributed by atoms with van der Waals surface area (Å²) in [6.45, 7) is 2.89. The summed E-state index contributed by atoms with van der Waals surface area (Å²) in [7, 11) is -4.23. The largest absolute Gasteiger partial charge is 0.756 e. The summed E-state index contributed by atoms with van der Waals surface area (Å²) in [5, 5.41) is -0.610. The molecule has 0 amide bonds. The minimum atomic E-state index is -4.23. The van der Waals surface area contributed by atoms with Gasteiger partial charge in [-0.2, -0.15) is 0 Å². The maximum absolute atomic E-state index is 10.7. The highest BCUT2D eigenvalue weighted by molar-refractivity contribution is 9.09.